The summed E-state index contributed by atoms with van der Waals surface area (Å²) in [6, 6.07) is 3.41. The zero-order chi connectivity index (χ0) is 13.3. The molecule has 94 valence electrons. The van der Waals surface area contributed by atoms with Crippen LogP contribution in [0.15, 0.2) is 34.1 Å². The summed E-state index contributed by atoms with van der Waals surface area (Å²) in [5.41, 5.74) is 0.300. The lowest BCUT2D eigenvalue weighted by atomic mass is 10.3. The molecule has 0 aliphatic rings. The van der Waals surface area contributed by atoms with Crippen LogP contribution in [0.25, 0.3) is 5.69 Å². The van der Waals surface area contributed by atoms with Gasteiger partial charge in [0.2, 0.25) is 5.75 Å². The molecule has 0 fully saturated rings. The number of hydrogen-bond donors (Lipinski definition) is 0. The van der Waals surface area contributed by atoms with Gasteiger partial charge >= 0.3 is 11.2 Å². The summed E-state index contributed by atoms with van der Waals surface area (Å²) in [6.07, 6.45) is 2.85. The molecular formula is C12H13N3O3. The number of nitrogens with zero attached hydrogens (tertiary/aromatic N) is 3. The number of methoxy groups -OCH3 is 1. The van der Waals surface area contributed by atoms with E-state index in [1.165, 1.54) is 24.1 Å². The van der Waals surface area contributed by atoms with Crippen molar-refractivity contribution in [2.24, 2.45) is 7.05 Å². The highest BCUT2D eigenvalue weighted by molar-refractivity contribution is 5.31. The topological polar surface area (TPSA) is 66.1 Å². The quantitative estimate of drug-likeness (QED) is 0.763. The third-order valence-electron chi connectivity index (χ3n) is 2.59. The summed E-state index contributed by atoms with van der Waals surface area (Å²) in [5.74, 6) is 0.109. The van der Waals surface area contributed by atoms with Crippen LogP contribution in [0.3, 0.4) is 0 Å². The Labute approximate surface area is 103 Å². The molecule has 0 radical (unpaired) electrons. The SMILES string of the molecule is COc1cn(C)c(=O)n(-c2ccc(C)nc2)c1=O. The average molecular weight is 247 g/mol. The van der Waals surface area contributed by atoms with E-state index in [1.807, 2.05) is 6.92 Å². The molecule has 0 aromatic carbocycles. The zero-order valence-electron chi connectivity index (χ0n) is 10.4. The van der Waals surface area contributed by atoms with E-state index in [4.69, 9.17) is 4.74 Å². The van der Waals surface area contributed by atoms with Crippen LogP contribution in [0, 0.1) is 6.92 Å². The van der Waals surface area contributed by atoms with Crippen molar-refractivity contribution in [2.45, 2.75) is 6.92 Å². The van der Waals surface area contributed by atoms with Crippen LogP contribution < -0.4 is 16.0 Å². The number of hydrogen-bond acceptors (Lipinski definition) is 4. The van der Waals surface area contributed by atoms with Crippen LogP contribution in [0.5, 0.6) is 5.75 Å². The van der Waals surface area contributed by atoms with Gasteiger partial charge in [-0.05, 0) is 19.1 Å². The number of rotatable bonds is 2. The first-order valence-corrected chi connectivity index (χ1v) is 5.34. The first-order chi connectivity index (χ1) is 8.54. The Kier molecular flexibility index (Phi) is 3.01. The second-order valence-corrected chi connectivity index (χ2v) is 3.89. The molecule has 0 unspecified atom stereocenters. The largest absolute Gasteiger partial charge is 0.490 e. The molecule has 18 heavy (non-hydrogen) atoms. The minimum Gasteiger partial charge on any atom is -0.490 e. The van der Waals surface area contributed by atoms with Crippen LogP contribution in [-0.4, -0.2) is 21.2 Å². The average Bonchev–Trinajstić information content (AvgIpc) is 2.36. The predicted octanol–water partition coefficient (Wildman–Crippen LogP) is 0.248. The second kappa shape index (κ2) is 4.48. The van der Waals surface area contributed by atoms with Gasteiger partial charge in [-0.25, -0.2) is 9.36 Å². The van der Waals surface area contributed by atoms with Gasteiger partial charge in [-0.2, -0.15) is 0 Å². The van der Waals surface area contributed by atoms with Gasteiger partial charge in [-0.1, -0.05) is 0 Å². The Morgan fingerprint density at radius 3 is 2.56 bits per heavy atom. The van der Waals surface area contributed by atoms with E-state index in [1.54, 1.807) is 19.2 Å². The van der Waals surface area contributed by atoms with Crippen molar-refractivity contribution < 1.29 is 4.74 Å². The minimum atomic E-state index is -0.494. The molecule has 2 aromatic heterocycles. The van der Waals surface area contributed by atoms with Crippen molar-refractivity contribution in [3.8, 4) is 11.4 Å². The van der Waals surface area contributed by atoms with Gasteiger partial charge in [-0.3, -0.25) is 14.3 Å². The summed E-state index contributed by atoms with van der Waals surface area (Å²) in [6.45, 7) is 1.83. The van der Waals surface area contributed by atoms with Gasteiger partial charge in [0, 0.05) is 12.7 Å². The van der Waals surface area contributed by atoms with Gasteiger partial charge < -0.3 is 4.74 Å². The van der Waals surface area contributed by atoms with E-state index in [9.17, 15) is 9.59 Å². The van der Waals surface area contributed by atoms with Crippen molar-refractivity contribution in [3.63, 3.8) is 0 Å². The van der Waals surface area contributed by atoms with Gasteiger partial charge in [0.05, 0.1) is 25.2 Å². The monoisotopic (exact) mass is 247 g/mol. The first-order valence-electron chi connectivity index (χ1n) is 5.34. The molecule has 0 N–H and O–H groups in total. The standard InChI is InChI=1S/C12H13N3O3/c1-8-4-5-9(6-13-8)15-11(16)10(18-3)7-14(2)12(15)17/h4-7H,1-3H3. The summed E-state index contributed by atoms with van der Waals surface area (Å²) < 4.78 is 7.28. The lowest BCUT2D eigenvalue weighted by Gasteiger charge is -2.09. The van der Waals surface area contributed by atoms with Crippen LogP contribution in [0.1, 0.15) is 5.69 Å². The van der Waals surface area contributed by atoms with Gasteiger partial charge in [0.1, 0.15) is 0 Å². The van der Waals surface area contributed by atoms with Gasteiger partial charge in [-0.15, -0.1) is 0 Å². The highest BCUT2D eigenvalue weighted by Gasteiger charge is 2.11. The Morgan fingerprint density at radius 2 is 2.00 bits per heavy atom. The summed E-state index contributed by atoms with van der Waals surface area (Å²) in [4.78, 5) is 28.1. The fourth-order valence-electron chi connectivity index (χ4n) is 1.60. The zero-order valence-corrected chi connectivity index (χ0v) is 10.4. The van der Waals surface area contributed by atoms with Crippen LogP contribution in [0.4, 0.5) is 0 Å². The van der Waals surface area contributed by atoms with Crippen molar-refractivity contribution in [3.05, 3.63) is 51.1 Å². The fourth-order valence-corrected chi connectivity index (χ4v) is 1.60. The highest BCUT2D eigenvalue weighted by atomic mass is 16.5. The Balaban J connectivity index is 2.78. The first kappa shape index (κ1) is 12.1. The molecule has 0 bridgehead atoms. The lowest BCUT2D eigenvalue weighted by molar-refractivity contribution is 0.398. The molecule has 0 amide bonds. The minimum absolute atomic E-state index is 0.109. The van der Waals surface area contributed by atoms with Crippen LogP contribution in [-0.2, 0) is 7.05 Å². The number of aryl methyl sites for hydroxylation is 2. The highest BCUT2D eigenvalue weighted by Crippen LogP contribution is 2.04. The molecule has 0 aliphatic carbocycles. The van der Waals surface area contributed by atoms with Crippen molar-refractivity contribution in [2.75, 3.05) is 7.11 Å². The third-order valence-corrected chi connectivity index (χ3v) is 2.59. The fraction of sp³-hybridized carbons (Fsp3) is 0.250. The third kappa shape index (κ3) is 1.92. The summed E-state index contributed by atoms with van der Waals surface area (Å²) in [7, 11) is 2.95. The molecule has 0 aliphatic heterocycles. The van der Waals surface area contributed by atoms with E-state index in [2.05, 4.69) is 4.98 Å². The van der Waals surface area contributed by atoms with E-state index < -0.39 is 11.2 Å². The van der Waals surface area contributed by atoms with Gasteiger partial charge in [0.25, 0.3) is 0 Å². The second-order valence-electron chi connectivity index (χ2n) is 3.89. The van der Waals surface area contributed by atoms with E-state index >= 15 is 0 Å². The van der Waals surface area contributed by atoms with Crippen molar-refractivity contribution >= 4 is 0 Å². The van der Waals surface area contributed by atoms with E-state index in [0.29, 0.717) is 5.69 Å². The molecule has 0 saturated heterocycles. The molecule has 2 rings (SSSR count). The summed E-state index contributed by atoms with van der Waals surface area (Å²) in [5, 5.41) is 0. The van der Waals surface area contributed by atoms with Crippen molar-refractivity contribution in [1.29, 1.82) is 0 Å². The smallest absolute Gasteiger partial charge is 0.335 e. The Bertz CT molecular complexity index is 683. The molecule has 0 atom stereocenters. The van der Waals surface area contributed by atoms with Gasteiger partial charge in [0.15, 0.2) is 0 Å². The molecular weight excluding hydrogens is 234 g/mol. The molecule has 0 saturated carbocycles. The predicted molar refractivity (Wildman–Crippen MR) is 66.4 cm³/mol. The molecule has 2 aromatic rings. The Morgan fingerprint density at radius 1 is 1.28 bits per heavy atom. The van der Waals surface area contributed by atoms with Crippen LogP contribution >= 0.6 is 0 Å². The molecule has 6 nitrogen and oxygen atoms in total. The molecule has 0 spiro atoms. The van der Waals surface area contributed by atoms with Crippen molar-refractivity contribution in [1.82, 2.24) is 14.1 Å². The maximum absolute atomic E-state index is 12.1. The van der Waals surface area contributed by atoms with E-state index in [0.717, 1.165) is 10.3 Å². The molecule has 2 heterocycles. The van der Waals surface area contributed by atoms with Crippen LogP contribution in [0.2, 0.25) is 0 Å². The summed E-state index contributed by atoms with van der Waals surface area (Å²) >= 11 is 0. The van der Waals surface area contributed by atoms with E-state index in [-0.39, 0.29) is 5.75 Å². The Hall–Kier alpha value is -2.37. The maximum Gasteiger partial charge on any atom is 0.335 e. The number of aromatic nitrogens is 3. The normalized spacial score (nSPS) is 10.4. The maximum atomic E-state index is 12.1. The number of pyridine rings is 1. The number of ether oxygens (including phenoxy) is 1. The lowest BCUT2D eigenvalue weighted by Crippen LogP contribution is -2.37. The molecule has 6 heteroatoms.